The molecule has 1 aliphatic heterocycles. The molecule has 1 aliphatic rings. The predicted octanol–water partition coefficient (Wildman–Crippen LogP) is 2.38. The SMILES string of the molecule is CCNC(=NCCCn1c(C)nc2ccccc21)N1CC[C@@H](O)C1.I. The van der Waals surface area contributed by atoms with Crippen LogP contribution in [0.25, 0.3) is 11.0 Å². The van der Waals surface area contributed by atoms with Crippen LogP contribution in [0.15, 0.2) is 29.3 Å². The Morgan fingerprint density at radius 3 is 2.92 bits per heavy atom. The summed E-state index contributed by atoms with van der Waals surface area (Å²) < 4.78 is 2.26. The van der Waals surface area contributed by atoms with Crippen LogP contribution in [0.1, 0.15) is 25.6 Å². The van der Waals surface area contributed by atoms with Crippen LogP contribution in [0.2, 0.25) is 0 Å². The summed E-state index contributed by atoms with van der Waals surface area (Å²) >= 11 is 0. The Morgan fingerprint density at radius 2 is 2.20 bits per heavy atom. The molecule has 3 rings (SSSR count). The van der Waals surface area contributed by atoms with Crippen molar-refractivity contribution < 1.29 is 5.11 Å². The Morgan fingerprint density at radius 1 is 1.40 bits per heavy atom. The molecule has 25 heavy (non-hydrogen) atoms. The third kappa shape index (κ3) is 4.84. The molecule has 1 aromatic carbocycles. The Kier molecular flexibility index (Phi) is 7.49. The standard InChI is InChI=1S/C18H27N5O.HI/c1-3-19-18(22-12-9-15(24)13-22)20-10-6-11-23-14(2)21-16-7-4-5-8-17(16)23;/h4-5,7-8,15,24H,3,6,9-13H2,1-2H3,(H,19,20);1H/t15-;/m1./s1. The van der Waals surface area contributed by atoms with Gasteiger partial charge in [-0.2, -0.15) is 0 Å². The number of para-hydroxylation sites is 2. The van der Waals surface area contributed by atoms with E-state index in [0.717, 1.165) is 56.3 Å². The summed E-state index contributed by atoms with van der Waals surface area (Å²) in [7, 11) is 0. The molecule has 7 heteroatoms. The zero-order valence-corrected chi connectivity index (χ0v) is 17.3. The van der Waals surface area contributed by atoms with Crippen molar-refractivity contribution >= 4 is 41.0 Å². The van der Waals surface area contributed by atoms with Crippen LogP contribution in [-0.2, 0) is 6.54 Å². The molecule has 138 valence electrons. The number of hydrogen-bond acceptors (Lipinski definition) is 3. The number of benzene rings is 1. The van der Waals surface area contributed by atoms with Gasteiger partial charge < -0.3 is 19.9 Å². The first-order valence-electron chi connectivity index (χ1n) is 8.82. The number of guanidine groups is 1. The lowest BCUT2D eigenvalue weighted by Crippen LogP contribution is -2.40. The number of rotatable bonds is 5. The third-order valence-corrected chi connectivity index (χ3v) is 4.44. The highest BCUT2D eigenvalue weighted by atomic mass is 127. The highest BCUT2D eigenvalue weighted by Gasteiger charge is 2.22. The maximum Gasteiger partial charge on any atom is 0.194 e. The molecule has 1 aromatic heterocycles. The smallest absolute Gasteiger partial charge is 0.194 e. The van der Waals surface area contributed by atoms with Crippen molar-refractivity contribution in [3.63, 3.8) is 0 Å². The lowest BCUT2D eigenvalue weighted by Gasteiger charge is -2.21. The normalized spacial score (nSPS) is 17.8. The van der Waals surface area contributed by atoms with E-state index in [-0.39, 0.29) is 30.1 Å². The van der Waals surface area contributed by atoms with E-state index in [4.69, 9.17) is 4.99 Å². The van der Waals surface area contributed by atoms with E-state index >= 15 is 0 Å². The molecule has 0 saturated carbocycles. The summed E-state index contributed by atoms with van der Waals surface area (Å²) in [4.78, 5) is 11.5. The minimum Gasteiger partial charge on any atom is -0.391 e. The van der Waals surface area contributed by atoms with Gasteiger partial charge in [0.15, 0.2) is 5.96 Å². The second-order valence-electron chi connectivity index (χ2n) is 6.28. The summed E-state index contributed by atoms with van der Waals surface area (Å²) in [5.74, 6) is 1.97. The van der Waals surface area contributed by atoms with E-state index < -0.39 is 0 Å². The van der Waals surface area contributed by atoms with E-state index in [1.807, 2.05) is 6.07 Å². The fraction of sp³-hybridized carbons (Fsp3) is 0.556. The molecule has 0 radical (unpaired) electrons. The highest BCUT2D eigenvalue weighted by Crippen LogP contribution is 2.16. The molecule has 2 N–H and O–H groups in total. The van der Waals surface area contributed by atoms with E-state index in [1.54, 1.807) is 0 Å². The minimum atomic E-state index is -0.228. The van der Waals surface area contributed by atoms with E-state index in [0.29, 0.717) is 6.54 Å². The first-order chi connectivity index (χ1) is 11.7. The Bertz CT molecular complexity index is 715. The zero-order chi connectivity index (χ0) is 16.9. The second-order valence-corrected chi connectivity index (χ2v) is 6.28. The van der Waals surface area contributed by atoms with Crippen LogP contribution in [0.3, 0.4) is 0 Å². The zero-order valence-electron chi connectivity index (χ0n) is 15.0. The Labute approximate surface area is 166 Å². The van der Waals surface area contributed by atoms with Crippen molar-refractivity contribution in [1.29, 1.82) is 0 Å². The molecular formula is C18H28IN5O. The number of aliphatic hydroxyl groups is 1. The van der Waals surface area contributed by atoms with Gasteiger partial charge >= 0.3 is 0 Å². The minimum absolute atomic E-state index is 0. The van der Waals surface area contributed by atoms with Crippen molar-refractivity contribution in [1.82, 2.24) is 19.8 Å². The summed E-state index contributed by atoms with van der Waals surface area (Å²) in [6, 6.07) is 8.25. The van der Waals surface area contributed by atoms with Crippen LogP contribution in [0, 0.1) is 6.92 Å². The number of β-amino-alcohol motifs (C(OH)–C–C–N with tert-alkyl or cyclic N) is 1. The Balaban J connectivity index is 0.00000225. The number of hydrogen-bond donors (Lipinski definition) is 2. The first kappa shape index (κ1) is 20.0. The average Bonchev–Trinajstić information content (AvgIpc) is 3.14. The highest BCUT2D eigenvalue weighted by molar-refractivity contribution is 14.0. The lowest BCUT2D eigenvalue weighted by molar-refractivity contribution is 0.188. The van der Waals surface area contributed by atoms with Crippen molar-refractivity contribution in [3.05, 3.63) is 30.1 Å². The van der Waals surface area contributed by atoms with Gasteiger partial charge in [-0.05, 0) is 38.8 Å². The molecule has 1 saturated heterocycles. The summed E-state index contributed by atoms with van der Waals surface area (Å²) in [5, 5.41) is 13.0. The van der Waals surface area contributed by atoms with Crippen LogP contribution in [0.4, 0.5) is 0 Å². The monoisotopic (exact) mass is 457 g/mol. The summed E-state index contributed by atoms with van der Waals surface area (Å²) in [6.45, 7) is 8.20. The number of fused-ring (bicyclic) bond motifs is 1. The van der Waals surface area contributed by atoms with Crippen molar-refractivity contribution in [3.8, 4) is 0 Å². The maximum absolute atomic E-state index is 9.71. The molecule has 0 aliphatic carbocycles. The number of aromatic nitrogens is 2. The molecule has 0 unspecified atom stereocenters. The number of likely N-dealkylation sites (tertiary alicyclic amines) is 1. The molecule has 1 atom stereocenters. The average molecular weight is 457 g/mol. The molecule has 2 heterocycles. The topological polar surface area (TPSA) is 65.7 Å². The summed E-state index contributed by atoms with van der Waals surface area (Å²) in [5.41, 5.74) is 2.24. The van der Waals surface area contributed by atoms with Gasteiger partial charge in [0.2, 0.25) is 0 Å². The molecule has 0 amide bonds. The van der Waals surface area contributed by atoms with Gasteiger partial charge in [-0.15, -0.1) is 24.0 Å². The van der Waals surface area contributed by atoms with Gasteiger partial charge in [-0.3, -0.25) is 4.99 Å². The number of aliphatic hydroxyl groups excluding tert-OH is 1. The Hall–Kier alpha value is -1.35. The number of aryl methyl sites for hydroxylation is 2. The molecular weight excluding hydrogens is 429 g/mol. The number of nitrogens with zero attached hydrogens (tertiary/aromatic N) is 4. The van der Waals surface area contributed by atoms with Gasteiger partial charge in [0.25, 0.3) is 0 Å². The number of nitrogens with one attached hydrogen (secondary N) is 1. The molecule has 0 spiro atoms. The molecule has 2 aromatic rings. The van der Waals surface area contributed by atoms with E-state index in [2.05, 4.69) is 51.8 Å². The van der Waals surface area contributed by atoms with Gasteiger partial charge in [0, 0.05) is 32.7 Å². The lowest BCUT2D eigenvalue weighted by atomic mass is 10.3. The van der Waals surface area contributed by atoms with Gasteiger partial charge in [-0.25, -0.2) is 4.98 Å². The second kappa shape index (κ2) is 9.38. The number of imidazole rings is 1. The van der Waals surface area contributed by atoms with E-state index in [1.165, 1.54) is 5.52 Å². The number of aliphatic imine (C=N–C) groups is 1. The quantitative estimate of drug-likeness (QED) is 0.313. The van der Waals surface area contributed by atoms with Crippen LogP contribution < -0.4 is 5.32 Å². The van der Waals surface area contributed by atoms with Gasteiger partial charge in [0.05, 0.1) is 17.1 Å². The van der Waals surface area contributed by atoms with E-state index in [9.17, 15) is 5.11 Å². The van der Waals surface area contributed by atoms with Crippen LogP contribution >= 0.6 is 24.0 Å². The molecule has 0 bridgehead atoms. The van der Waals surface area contributed by atoms with Crippen molar-refractivity contribution in [2.75, 3.05) is 26.2 Å². The third-order valence-electron chi connectivity index (χ3n) is 4.44. The van der Waals surface area contributed by atoms with Crippen LogP contribution in [0.5, 0.6) is 0 Å². The molecule has 1 fully saturated rings. The summed E-state index contributed by atoms with van der Waals surface area (Å²) in [6.07, 6.45) is 1.56. The predicted molar refractivity (Wildman–Crippen MR) is 113 cm³/mol. The molecule has 6 nitrogen and oxygen atoms in total. The fourth-order valence-electron chi connectivity index (χ4n) is 3.25. The van der Waals surface area contributed by atoms with Crippen molar-refractivity contribution in [2.24, 2.45) is 4.99 Å². The van der Waals surface area contributed by atoms with Gasteiger partial charge in [-0.1, -0.05) is 12.1 Å². The van der Waals surface area contributed by atoms with Gasteiger partial charge in [0.1, 0.15) is 5.82 Å². The van der Waals surface area contributed by atoms with Crippen molar-refractivity contribution in [2.45, 2.75) is 39.3 Å². The fourth-order valence-corrected chi connectivity index (χ4v) is 3.25. The first-order valence-corrected chi connectivity index (χ1v) is 8.82. The maximum atomic E-state index is 9.71. The largest absolute Gasteiger partial charge is 0.391 e. The van der Waals surface area contributed by atoms with Crippen LogP contribution in [-0.4, -0.2) is 57.8 Å². The number of halogens is 1.